The Hall–Kier alpha value is -0.270. The van der Waals surface area contributed by atoms with E-state index in [-0.39, 0.29) is 19.3 Å². The van der Waals surface area contributed by atoms with Crippen molar-refractivity contribution in [1.29, 1.82) is 0 Å². The van der Waals surface area contributed by atoms with Crippen LogP contribution >= 0.6 is 7.82 Å². The van der Waals surface area contributed by atoms with Crippen LogP contribution in [0.5, 0.6) is 0 Å². The highest BCUT2D eigenvalue weighted by Gasteiger charge is 2.25. The summed E-state index contributed by atoms with van der Waals surface area (Å²) in [7, 11) is 1.91. The minimum Gasteiger partial charge on any atom is -0.379 e. The summed E-state index contributed by atoms with van der Waals surface area (Å²) < 4.78 is 35.7. The molecular formula is C42H87NO6P+. The number of nitrogens with zero attached hydrogens (tertiary/aromatic N) is 1. The van der Waals surface area contributed by atoms with Gasteiger partial charge in [-0.3, -0.25) is 9.05 Å². The van der Waals surface area contributed by atoms with E-state index >= 15 is 0 Å². The molecule has 0 rings (SSSR count). The molecule has 0 aromatic heterocycles. The van der Waals surface area contributed by atoms with Crippen molar-refractivity contribution in [3.8, 4) is 0 Å². The second kappa shape index (κ2) is 37.1. The SMILES string of the molecule is CCCCCCCC/C=C\CCCCCCCCO[C@H](COCCCCCCCCCCCCCCCC)COP(=O)(O)OCC[N+](C)(C)C. The maximum Gasteiger partial charge on any atom is 0.472 e. The number of phosphoric acid groups is 1. The van der Waals surface area contributed by atoms with Crippen molar-refractivity contribution in [2.45, 2.75) is 200 Å². The van der Waals surface area contributed by atoms with Crippen LogP contribution < -0.4 is 0 Å². The third kappa shape index (κ3) is 40.5. The van der Waals surface area contributed by atoms with Crippen LogP contribution in [-0.4, -0.2) is 76.2 Å². The molecule has 8 heteroatoms. The monoisotopic (exact) mass is 733 g/mol. The quantitative estimate of drug-likeness (QED) is 0.0292. The largest absolute Gasteiger partial charge is 0.472 e. The average Bonchev–Trinajstić information content (AvgIpc) is 3.07. The molecule has 50 heavy (non-hydrogen) atoms. The lowest BCUT2D eigenvalue weighted by Crippen LogP contribution is -2.37. The van der Waals surface area contributed by atoms with Gasteiger partial charge in [-0.2, -0.15) is 0 Å². The molecular weight excluding hydrogens is 645 g/mol. The summed E-state index contributed by atoms with van der Waals surface area (Å²) in [5.41, 5.74) is 0. The fourth-order valence-electron chi connectivity index (χ4n) is 6.00. The van der Waals surface area contributed by atoms with E-state index in [0.717, 1.165) is 19.3 Å². The maximum absolute atomic E-state index is 12.5. The summed E-state index contributed by atoms with van der Waals surface area (Å²) in [6.07, 6.45) is 40.9. The lowest BCUT2D eigenvalue weighted by atomic mass is 10.0. The van der Waals surface area contributed by atoms with E-state index in [1.54, 1.807) is 0 Å². The molecule has 0 saturated heterocycles. The van der Waals surface area contributed by atoms with Crippen molar-refractivity contribution < 1.29 is 32.5 Å². The van der Waals surface area contributed by atoms with Crippen LogP contribution in [0, 0.1) is 0 Å². The molecule has 0 fully saturated rings. The maximum atomic E-state index is 12.5. The van der Waals surface area contributed by atoms with Gasteiger partial charge in [0.1, 0.15) is 19.3 Å². The molecule has 0 saturated carbocycles. The molecule has 0 aliphatic heterocycles. The van der Waals surface area contributed by atoms with Gasteiger partial charge < -0.3 is 18.9 Å². The van der Waals surface area contributed by atoms with E-state index in [0.29, 0.717) is 30.8 Å². The van der Waals surface area contributed by atoms with Gasteiger partial charge in [0.2, 0.25) is 0 Å². The van der Waals surface area contributed by atoms with Gasteiger partial charge in [0.15, 0.2) is 0 Å². The number of hydrogen-bond acceptors (Lipinski definition) is 5. The highest BCUT2D eigenvalue weighted by atomic mass is 31.2. The molecule has 0 radical (unpaired) electrons. The fourth-order valence-corrected chi connectivity index (χ4v) is 6.74. The molecule has 0 heterocycles. The van der Waals surface area contributed by atoms with E-state index in [9.17, 15) is 9.46 Å². The number of ether oxygens (including phenoxy) is 2. The normalized spacial score (nSPS) is 14.1. The Kier molecular flexibility index (Phi) is 36.9. The number of likely N-dealkylation sites (N-methyl/N-ethyl adjacent to an activating group) is 1. The van der Waals surface area contributed by atoms with Crippen molar-refractivity contribution in [1.82, 2.24) is 0 Å². The van der Waals surface area contributed by atoms with E-state index in [1.165, 1.54) is 161 Å². The van der Waals surface area contributed by atoms with Gasteiger partial charge in [0.25, 0.3) is 0 Å². The minimum atomic E-state index is -4.14. The molecule has 7 nitrogen and oxygen atoms in total. The fraction of sp³-hybridized carbons (Fsp3) is 0.952. The number of rotatable bonds is 41. The van der Waals surface area contributed by atoms with Crippen molar-refractivity contribution in [2.24, 2.45) is 0 Å². The second-order valence-electron chi connectivity index (χ2n) is 15.7. The van der Waals surface area contributed by atoms with E-state index in [4.69, 9.17) is 18.5 Å². The van der Waals surface area contributed by atoms with Crippen LogP contribution in [0.2, 0.25) is 0 Å². The molecule has 0 aliphatic rings. The molecule has 0 amide bonds. The predicted octanol–water partition coefficient (Wildman–Crippen LogP) is 12.7. The third-order valence-electron chi connectivity index (χ3n) is 9.40. The van der Waals surface area contributed by atoms with Crippen molar-refractivity contribution >= 4 is 7.82 Å². The van der Waals surface area contributed by atoms with Crippen molar-refractivity contribution in [2.75, 3.05) is 60.7 Å². The molecule has 0 aromatic carbocycles. The van der Waals surface area contributed by atoms with Gasteiger partial charge in [-0.15, -0.1) is 0 Å². The molecule has 0 bridgehead atoms. The first kappa shape index (κ1) is 49.7. The van der Waals surface area contributed by atoms with E-state index in [2.05, 4.69) is 26.0 Å². The molecule has 300 valence electrons. The molecule has 1 N–H and O–H groups in total. The lowest BCUT2D eigenvalue weighted by Gasteiger charge is -2.24. The molecule has 0 spiro atoms. The van der Waals surface area contributed by atoms with Crippen LogP contribution in [-0.2, 0) is 23.1 Å². The van der Waals surface area contributed by atoms with E-state index in [1.807, 2.05) is 21.1 Å². The standard InChI is InChI=1S/C42H86NO6P/c1-6-8-10-12-14-16-18-20-22-23-25-27-29-31-33-35-38-47-42(41-49-50(44,45)48-39-36-43(3,4)5)40-46-37-34-32-30-28-26-24-21-19-17-15-13-11-9-7-2/h20,22,42H,6-19,21,23-41H2,1-5H3/p+1/b22-20-/t42-/m1/s1. The van der Waals surface area contributed by atoms with E-state index < -0.39 is 7.82 Å². The summed E-state index contributed by atoms with van der Waals surface area (Å²) >= 11 is 0. The highest BCUT2D eigenvalue weighted by Crippen LogP contribution is 2.43. The number of hydrogen-bond donors (Lipinski definition) is 1. The Morgan fingerprint density at radius 2 is 0.920 bits per heavy atom. The number of phosphoric ester groups is 1. The van der Waals surface area contributed by atoms with Crippen LogP contribution in [0.3, 0.4) is 0 Å². The Balaban J connectivity index is 4.10. The van der Waals surface area contributed by atoms with Crippen molar-refractivity contribution in [3.05, 3.63) is 12.2 Å². The van der Waals surface area contributed by atoms with Crippen LogP contribution in [0.4, 0.5) is 0 Å². The zero-order chi connectivity index (χ0) is 36.9. The van der Waals surface area contributed by atoms with Gasteiger partial charge in [-0.1, -0.05) is 167 Å². The Labute approximate surface area is 312 Å². The summed E-state index contributed by atoms with van der Waals surface area (Å²) in [5.74, 6) is 0. The first-order valence-corrected chi connectivity index (χ1v) is 23.0. The summed E-state index contributed by atoms with van der Waals surface area (Å²) in [5, 5.41) is 0. The van der Waals surface area contributed by atoms with Crippen LogP contribution in [0.25, 0.3) is 0 Å². The summed E-state index contributed by atoms with van der Waals surface area (Å²) in [6, 6.07) is 0. The smallest absolute Gasteiger partial charge is 0.379 e. The molecule has 0 aliphatic carbocycles. The number of unbranched alkanes of at least 4 members (excludes halogenated alkanes) is 25. The van der Waals surface area contributed by atoms with Gasteiger partial charge >= 0.3 is 7.82 Å². The first-order chi connectivity index (χ1) is 24.2. The average molecular weight is 733 g/mol. The lowest BCUT2D eigenvalue weighted by molar-refractivity contribution is -0.870. The Bertz CT molecular complexity index is 759. The van der Waals surface area contributed by atoms with Gasteiger partial charge in [-0.25, -0.2) is 4.57 Å². The van der Waals surface area contributed by atoms with Crippen molar-refractivity contribution in [3.63, 3.8) is 0 Å². The number of quaternary nitrogens is 1. The third-order valence-corrected chi connectivity index (χ3v) is 10.4. The Morgan fingerprint density at radius 1 is 0.520 bits per heavy atom. The summed E-state index contributed by atoms with van der Waals surface area (Å²) in [4.78, 5) is 10.2. The van der Waals surface area contributed by atoms with Crippen LogP contribution in [0.15, 0.2) is 12.2 Å². The highest BCUT2D eigenvalue weighted by molar-refractivity contribution is 7.47. The molecule has 0 aromatic rings. The molecule has 1 unspecified atom stereocenters. The van der Waals surface area contributed by atoms with Gasteiger partial charge in [0, 0.05) is 13.2 Å². The Morgan fingerprint density at radius 3 is 1.36 bits per heavy atom. The van der Waals surface area contributed by atoms with Gasteiger partial charge in [0.05, 0.1) is 34.4 Å². The second-order valence-corrected chi connectivity index (χ2v) is 17.2. The first-order valence-electron chi connectivity index (χ1n) is 21.5. The van der Waals surface area contributed by atoms with Crippen LogP contribution in [0.1, 0.15) is 194 Å². The predicted molar refractivity (Wildman–Crippen MR) is 215 cm³/mol. The minimum absolute atomic E-state index is 0.0106. The topological polar surface area (TPSA) is 74.2 Å². The molecule has 2 atom stereocenters. The zero-order valence-electron chi connectivity index (χ0n) is 34.2. The summed E-state index contributed by atoms with van der Waals surface area (Å²) in [6.45, 7) is 6.97. The van der Waals surface area contributed by atoms with Gasteiger partial charge in [-0.05, 0) is 38.5 Å². The zero-order valence-corrected chi connectivity index (χ0v) is 35.1. The number of allylic oxidation sites excluding steroid dienone is 2.